The van der Waals surface area contributed by atoms with Crippen molar-refractivity contribution in [3.8, 4) is 17.0 Å². The van der Waals surface area contributed by atoms with Gasteiger partial charge in [-0.05, 0) is 48.4 Å². The highest BCUT2D eigenvalue weighted by atomic mass is 35.5. The van der Waals surface area contributed by atoms with E-state index in [-0.39, 0.29) is 17.5 Å². The number of rotatable bonds is 6. The van der Waals surface area contributed by atoms with Crippen LogP contribution in [0.1, 0.15) is 23.0 Å². The first-order valence-corrected chi connectivity index (χ1v) is 13.6. The predicted octanol–water partition coefficient (Wildman–Crippen LogP) is 6.16. The number of carbonyl (C=O) groups is 1. The molecule has 4 aromatic rings. The number of halogens is 4. The summed E-state index contributed by atoms with van der Waals surface area (Å²) in [4.78, 5) is 22.1. The second-order valence-corrected chi connectivity index (χ2v) is 10.8. The summed E-state index contributed by atoms with van der Waals surface area (Å²) < 4.78 is 50.2. The SMILES string of the molecule is CC1COCC(N(C)C(=O)c2cccc(OC(F)(F)F)c2)CN(Cc2c(-c3ccc(Cl)cc3)nc3ccccn23)C1. The van der Waals surface area contributed by atoms with Crippen molar-refractivity contribution < 1.29 is 27.4 Å². The Morgan fingerprint density at radius 3 is 2.63 bits per heavy atom. The van der Waals surface area contributed by atoms with Gasteiger partial charge in [0.15, 0.2) is 0 Å². The van der Waals surface area contributed by atoms with Crippen LogP contribution in [0.15, 0.2) is 72.9 Å². The van der Waals surface area contributed by atoms with E-state index < -0.39 is 18.0 Å². The van der Waals surface area contributed by atoms with Gasteiger partial charge >= 0.3 is 6.36 Å². The largest absolute Gasteiger partial charge is 0.573 e. The maximum Gasteiger partial charge on any atom is 0.573 e. The third-order valence-electron chi connectivity index (χ3n) is 7.05. The lowest BCUT2D eigenvalue weighted by Crippen LogP contribution is -2.50. The molecule has 5 rings (SSSR count). The predicted molar refractivity (Wildman–Crippen MR) is 150 cm³/mol. The maximum atomic E-state index is 13.4. The highest BCUT2D eigenvalue weighted by molar-refractivity contribution is 6.30. The van der Waals surface area contributed by atoms with Gasteiger partial charge < -0.3 is 18.8 Å². The zero-order valence-electron chi connectivity index (χ0n) is 22.6. The van der Waals surface area contributed by atoms with Crippen molar-refractivity contribution in [1.29, 1.82) is 0 Å². The van der Waals surface area contributed by atoms with E-state index in [2.05, 4.69) is 21.0 Å². The zero-order valence-corrected chi connectivity index (χ0v) is 23.4. The number of pyridine rings is 1. The molecule has 0 aliphatic carbocycles. The van der Waals surface area contributed by atoms with E-state index in [1.807, 2.05) is 48.7 Å². The molecule has 0 bridgehead atoms. The maximum absolute atomic E-state index is 13.4. The highest BCUT2D eigenvalue weighted by Gasteiger charge is 2.32. The normalized spacial score (nSPS) is 18.6. The van der Waals surface area contributed by atoms with Crippen LogP contribution >= 0.6 is 11.6 Å². The van der Waals surface area contributed by atoms with Crippen molar-refractivity contribution in [1.82, 2.24) is 19.2 Å². The molecule has 0 radical (unpaired) electrons. The van der Waals surface area contributed by atoms with Crippen molar-refractivity contribution in [3.63, 3.8) is 0 Å². The minimum Gasteiger partial charge on any atom is -0.406 e. The van der Waals surface area contributed by atoms with Crippen LogP contribution in [0.4, 0.5) is 13.2 Å². The van der Waals surface area contributed by atoms with Crippen molar-refractivity contribution in [2.45, 2.75) is 25.9 Å². The summed E-state index contributed by atoms with van der Waals surface area (Å²) >= 11 is 6.14. The van der Waals surface area contributed by atoms with Gasteiger partial charge in [0.05, 0.1) is 30.6 Å². The van der Waals surface area contributed by atoms with Crippen LogP contribution in [0.2, 0.25) is 5.02 Å². The summed E-state index contributed by atoms with van der Waals surface area (Å²) in [7, 11) is 1.64. The number of aromatic nitrogens is 2. The number of imidazole rings is 1. The summed E-state index contributed by atoms with van der Waals surface area (Å²) in [5, 5.41) is 0.641. The highest BCUT2D eigenvalue weighted by Crippen LogP contribution is 2.28. The number of amides is 1. The van der Waals surface area contributed by atoms with Crippen LogP contribution in [-0.2, 0) is 11.3 Å². The molecule has 1 aliphatic rings. The molecular weight excluding hydrogens is 557 g/mol. The number of alkyl halides is 3. The van der Waals surface area contributed by atoms with Crippen molar-refractivity contribution in [2.75, 3.05) is 33.4 Å². The van der Waals surface area contributed by atoms with Crippen LogP contribution in [0, 0.1) is 5.92 Å². The van der Waals surface area contributed by atoms with E-state index in [1.165, 1.54) is 23.1 Å². The van der Waals surface area contributed by atoms with Gasteiger partial charge in [-0.3, -0.25) is 9.69 Å². The molecule has 2 unspecified atom stereocenters. The lowest BCUT2D eigenvalue weighted by molar-refractivity contribution is -0.274. The van der Waals surface area contributed by atoms with Crippen LogP contribution in [0.5, 0.6) is 5.75 Å². The molecule has 0 spiro atoms. The molecule has 2 aromatic carbocycles. The Labute approximate surface area is 241 Å². The van der Waals surface area contributed by atoms with E-state index in [0.717, 1.165) is 28.7 Å². The average Bonchev–Trinajstić information content (AvgIpc) is 3.28. The molecule has 2 atom stereocenters. The van der Waals surface area contributed by atoms with E-state index in [4.69, 9.17) is 21.3 Å². The van der Waals surface area contributed by atoms with Crippen LogP contribution < -0.4 is 4.74 Å². The smallest absolute Gasteiger partial charge is 0.406 e. The van der Waals surface area contributed by atoms with Crippen LogP contribution in [0.25, 0.3) is 16.9 Å². The Balaban J connectivity index is 1.41. The molecular formula is C30H30ClF3N4O3. The van der Waals surface area contributed by atoms with E-state index >= 15 is 0 Å². The molecule has 0 saturated carbocycles. The van der Waals surface area contributed by atoms with Gasteiger partial charge in [-0.25, -0.2) is 4.98 Å². The van der Waals surface area contributed by atoms with Crippen molar-refractivity contribution in [3.05, 3.63) is 89.2 Å². The zero-order chi connectivity index (χ0) is 29.1. The molecule has 1 amide bonds. The van der Waals surface area contributed by atoms with Crippen LogP contribution in [-0.4, -0.2) is 70.8 Å². The number of benzene rings is 2. The van der Waals surface area contributed by atoms with Gasteiger partial charge in [0.1, 0.15) is 11.4 Å². The quantitative estimate of drug-likeness (QED) is 0.271. The number of nitrogens with zero attached hydrogens (tertiary/aromatic N) is 4. The third kappa shape index (κ3) is 7.01. The van der Waals surface area contributed by atoms with E-state index in [1.54, 1.807) is 7.05 Å². The number of likely N-dealkylation sites (N-methyl/N-ethyl adjacent to an activating group) is 1. The van der Waals surface area contributed by atoms with Crippen molar-refractivity contribution >= 4 is 23.2 Å². The number of hydrogen-bond acceptors (Lipinski definition) is 5. The molecule has 0 N–H and O–H groups in total. The molecule has 41 heavy (non-hydrogen) atoms. The average molecular weight is 587 g/mol. The summed E-state index contributed by atoms with van der Waals surface area (Å²) in [6.45, 7) is 4.68. The van der Waals surface area contributed by atoms with E-state index in [0.29, 0.717) is 37.9 Å². The number of hydrogen-bond donors (Lipinski definition) is 0. The number of ether oxygens (including phenoxy) is 2. The van der Waals surface area contributed by atoms with Gasteiger partial charge in [-0.2, -0.15) is 0 Å². The molecule has 1 fully saturated rings. The summed E-state index contributed by atoms with van der Waals surface area (Å²) in [6, 6.07) is 18.2. The molecule has 2 aromatic heterocycles. The standard InChI is InChI=1S/C30H30ClF3N4O3/c1-20-15-37(17-26-28(21-9-11-23(31)12-10-21)35-27-8-3-4-13-38(26)27)16-24(19-40-18-20)36(2)29(39)22-6-5-7-25(14-22)41-30(32,33)34/h3-14,20,24H,15-19H2,1-2H3. The van der Waals surface area contributed by atoms with Crippen LogP contribution in [0.3, 0.4) is 0 Å². The molecule has 7 nitrogen and oxygen atoms in total. The lowest BCUT2D eigenvalue weighted by atomic mass is 10.1. The summed E-state index contributed by atoms with van der Waals surface area (Å²) in [5.74, 6) is -0.619. The van der Waals surface area contributed by atoms with Crippen molar-refractivity contribution in [2.24, 2.45) is 5.92 Å². The third-order valence-corrected chi connectivity index (χ3v) is 7.31. The Morgan fingerprint density at radius 2 is 1.88 bits per heavy atom. The summed E-state index contributed by atoms with van der Waals surface area (Å²) in [6.07, 6.45) is -2.86. The second-order valence-electron chi connectivity index (χ2n) is 10.3. The molecule has 11 heteroatoms. The first-order chi connectivity index (χ1) is 19.6. The fourth-order valence-corrected chi connectivity index (χ4v) is 5.26. The summed E-state index contributed by atoms with van der Waals surface area (Å²) in [5.41, 5.74) is 3.72. The molecule has 1 saturated heterocycles. The Bertz CT molecular complexity index is 1510. The Kier molecular flexibility index (Phi) is 8.53. The minimum atomic E-state index is -4.85. The monoisotopic (exact) mass is 586 g/mol. The second kappa shape index (κ2) is 12.1. The molecule has 1 aliphatic heterocycles. The number of carbonyl (C=O) groups excluding carboxylic acids is 1. The Hall–Kier alpha value is -3.60. The van der Waals surface area contributed by atoms with Gasteiger partial charge in [0, 0.05) is 49.0 Å². The van der Waals surface area contributed by atoms with Gasteiger partial charge in [0.2, 0.25) is 0 Å². The Morgan fingerprint density at radius 1 is 1.10 bits per heavy atom. The topological polar surface area (TPSA) is 59.3 Å². The number of fused-ring (bicyclic) bond motifs is 1. The fraction of sp³-hybridized carbons (Fsp3) is 0.333. The fourth-order valence-electron chi connectivity index (χ4n) is 5.13. The van der Waals surface area contributed by atoms with Gasteiger partial charge in [-0.15, -0.1) is 13.2 Å². The lowest BCUT2D eigenvalue weighted by Gasteiger charge is -2.37. The first kappa shape index (κ1) is 28.9. The van der Waals surface area contributed by atoms with E-state index in [9.17, 15) is 18.0 Å². The van der Waals surface area contributed by atoms with Gasteiger partial charge in [-0.1, -0.05) is 42.8 Å². The minimum absolute atomic E-state index is 0.100. The first-order valence-electron chi connectivity index (χ1n) is 13.2. The van der Waals surface area contributed by atoms with Gasteiger partial charge in [0.25, 0.3) is 5.91 Å². The molecule has 216 valence electrons. The molecule has 3 heterocycles.